The maximum atomic E-state index is 12.5. The molecule has 0 aliphatic carbocycles. The van der Waals surface area contributed by atoms with Gasteiger partial charge in [-0.15, -0.1) is 0 Å². The monoisotopic (exact) mass is 381 g/mol. The Bertz CT molecular complexity index is 827. The molecule has 1 aliphatic heterocycles. The molecule has 0 aromatic heterocycles. The number of morpholine rings is 1. The molecule has 1 heterocycles. The zero-order valence-corrected chi connectivity index (χ0v) is 16.5. The first-order valence-corrected chi connectivity index (χ1v) is 9.55. The Morgan fingerprint density at radius 3 is 2.39 bits per heavy atom. The summed E-state index contributed by atoms with van der Waals surface area (Å²) >= 11 is 0. The summed E-state index contributed by atoms with van der Waals surface area (Å²) in [6, 6.07) is 13.6. The second kappa shape index (κ2) is 9.48. The van der Waals surface area contributed by atoms with E-state index in [-0.39, 0.29) is 11.8 Å². The van der Waals surface area contributed by atoms with Crippen molar-refractivity contribution in [3.63, 3.8) is 0 Å². The van der Waals surface area contributed by atoms with Crippen molar-refractivity contribution >= 4 is 17.5 Å². The van der Waals surface area contributed by atoms with E-state index in [1.807, 2.05) is 25.1 Å². The van der Waals surface area contributed by atoms with Crippen LogP contribution in [0.5, 0.6) is 0 Å². The highest BCUT2D eigenvalue weighted by molar-refractivity contribution is 5.97. The summed E-state index contributed by atoms with van der Waals surface area (Å²) in [7, 11) is 0. The summed E-state index contributed by atoms with van der Waals surface area (Å²) in [6.07, 6.45) is 0. The summed E-state index contributed by atoms with van der Waals surface area (Å²) in [5, 5.41) is 5.69. The zero-order chi connectivity index (χ0) is 19.9. The van der Waals surface area contributed by atoms with Crippen LogP contribution >= 0.6 is 0 Å². The molecule has 148 valence electrons. The maximum Gasteiger partial charge on any atom is 0.251 e. The topological polar surface area (TPSA) is 70.7 Å². The molecular weight excluding hydrogens is 354 g/mol. The van der Waals surface area contributed by atoms with Crippen molar-refractivity contribution in [1.82, 2.24) is 10.2 Å². The van der Waals surface area contributed by atoms with E-state index in [0.717, 1.165) is 44.0 Å². The lowest BCUT2D eigenvalue weighted by Gasteiger charge is -2.26. The third-order valence-electron chi connectivity index (χ3n) is 4.80. The van der Waals surface area contributed by atoms with Crippen LogP contribution in [-0.2, 0) is 22.6 Å². The first kappa shape index (κ1) is 20.0. The molecular formula is C22H27N3O3. The number of nitrogens with zero attached hydrogens (tertiary/aromatic N) is 1. The van der Waals surface area contributed by atoms with Crippen LogP contribution in [0.2, 0.25) is 0 Å². The fraction of sp³-hybridized carbons (Fsp3) is 0.364. The van der Waals surface area contributed by atoms with Crippen molar-refractivity contribution in [2.75, 3.05) is 31.6 Å². The van der Waals surface area contributed by atoms with Gasteiger partial charge in [0.15, 0.2) is 0 Å². The zero-order valence-electron chi connectivity index (χ0n) is 16.5. The normalized spacial score (nSPS) is 14.5. The van der Waals surface area contributed by atoms with Crippen LogP contribution in [0.3, 0.4) is 0 Å². The second-order valence-corrected chi connectivity index (χ2v) is 7.10. The predicted octanol–water partition coefficient (Wildman–Crippen LogP) is 2.72. The number of hydrogen-bond acceptors (Lipinski definition) is 4. The quantitative estimate of drug-likeness (QED) is 0.807. The number of anilines is 1. The third kappa shape index (κ3) is 5.65. The van der Waals surface area contributed by atoms with Gasteiger partial charge in [0.1, 0.15) is 0 Å². The van der Waals surface area contributed by atoms with Gasteiger partial charge in [-0.3, -0.25) is 14.5 Å². The van der Waals surface area contributed by atoms with Gasteiger partial charge in [0.2, 0.25) is 5.91 Å². The molecule has 0 saturated carbocycles. The molecule has 0 radical (unpaired) electrons. The van der Waals surface area contributed by atoms with E-state index in [2.05, 4.69) is 27.7 Å². The van der Waals surface area contributed by atoms with Crippen molar-refractivity contribution in [2.24, 2.45) is 0 Å². The molecule has 2 N–H and O–H groups in total. The van der Waals surface area contributed by atoms with E-state index in [1.165, 1.54) is 12.5 Å². The number of aryl methyl sites for hydroxylation is 1. The Labute approximate surface area is 165 Å². The Hall–Kier alpha value is -2.70. The van der Waals surface area contributed by atoms with Gasteiger partial charge >= 0.3 is 0 Å². The Morgan fingerprint density at radius 1 is 1.04 bits per heavy atom. The molecule has 2 aromatic carbocycles. The van der Waals surface area contributed by atoms with E-state index in [1.54, 1.807) is 12.1 Å². The van der Waals surface area contributed by atoms with Crippen molar-refractivity contribution in [1.29, 1.82) is 0 Å². The number of nitrogens with one attached hydrogen (secondary N) is 2. The summed E-state index contributed by atoms with van der Waals surface area (Å²) in [4.78, 5) is 26.1. The maximum absolute atomic E-state index is 12.5. The molecule has 3 rings (SSSR count). The average molecular weight is 381 g/mol. The van der Waals surface area contributed by atoms with E-state index >= 15 is 0 Å². The first-order chi connectivity index (χ1) is 13.5. The number of rotatable bonds is 6. The van der Waals surface area contributed by atoms with Gasteiger partial charge in [0.05, 0.1) is 13.2 Å². The lowest BCUT2D eigenvalue weighted by atomic mass is 10.1. The number of carbonyl (C=O) groups is 2. The first-order valence-electron chi connectivity index (χ1n) is 9.55. The van der Waals surface area contributed by atoms with Crippen molar-refractivity contribution in [2.45, 2.75) is 26.9 Å². The molecule has 2 aromatic rings. The lowest BCUT2D eigenvalue weighted by molar-refractivity contribution is -0.114. The van der Waals surface area contributed by atoms with E-state index in [4.69, 9.17) is 4.74 Å². The Kier molecular flexibility index (Phi) is 6.79. The van der Waals surface area contributed by atoms with Crippen molar-refractivity contribution in [3.05, 3.63) is 64.7 Å². The standard InChI is InChI=1S/C22H27N3O3/c1-16-3-8-20(13-21(16)24-17(2)26)22(27)23-14-18-4-6-19(7-5-18)15-25-9-11-28-12-10-25/h3-8,13H,9-12,14-15H2,1-2H3,(H,23,27)(H,24,26). The predicted molar refractivity (Wildman–Crippen MR) is 109 cm³/mol. The summed E-state index contributed by atoms with van der Waals surface area (Å²) in [6.45, 7) is 8.26. The number of benzene rings is 2. The molecule has 2 amide bonds. The fourth-order valence-electron chi connectivity index (χ4n) is 3.15. The molecule has 0 bridgehead atoms. The van der Waals surface area contributed by atoms with Gasteiger partial charge in [0.25, 0.3) is 5.91 Å². The lowest BCUT2D eigenvalue weighted by Crippen LogP contribution is -2.35. The van der Waals surface area contributed by atoms with Gasteiger partial charge < -0.3 is 15.4 Å². The molecule has 6 nitrogen and oxygen atoms in total. The minimum atomic E-state index is -0.163. The van der Waals surface area contributed by atoms with Gasteiger partial charge in [-0.05, 0) is 35.7 Å². The van der Waals surface area contributed by atoms with E-state index in [0.29, 0.717) is 17.8 Å². The molecule has 0 spiro atoms. The van der Waals surface area contributed by atoms with Crippen LogP contribution < -0.4 is 10.6 Å². The number of carbonyl (C=O) groups excluding carboxylic acids is 2. The smallest absolute Gasteiger partial charge is 0.251 e. The van der Waals surface area contributed by atoms with Gasteiger partial charge in [-0.2, -0.15) is 0 Å². The highest BCUT2D eigenvalue weighted by Crippen LogP contribution is 2.17. The number of hydrogen-bond donors (Lipinski definition) is 2. The van der Waals surface area contributed by atoms with Gasteiger partial charge in [-0.25, -0.2) is 0 Å². The largest absolute Gasteiger partial charge is 0.379 e. The highest BCUT2D eigenvalue weighted by atomic mass is 16.5. The van der Waals surface area contributed by atoms with Crippen LogP contribution in [0.1, 0.15) is 34.0 Å². The third-order valence-corrected chi connectivity index (χ3v) is 4.80. The Balaban J connectivity index is 1.54. The average Bonchev–Trinajstić information content (AvgIpc) is 2.69. The summed E-state index contributed by atoms with van der Waals surface area (Å²) in [5.41, 5.74) is 4.41. The SMILES string of the molecule is CC(=O)Nc1cc(C(=O)NCc2ccc(CN3CCOCC3)cc2)ccc1C. The molecule has 0 unspecified atom stereocenters. The fourth-order valence-corrected chi connectivity index (χ4v) is 3.15. The van der Waals surface area contributed by atoms with Crippen molar-refractivity contribution in [3.8, 4) is 0 Å². The summed E-state index contributed by atoms with van der Waals surface area (Å²) < 4.78 is 5.38. The van der Waals surface area contributed by atoms with Gasteiger partial charge in [-0.1, -0.05) is 30.3 Å². The minimum absolute atomic E-state index is 0.155. The van der Waals surface area contributed by atoms with Crippen LogP contribution in [-0.4, -0.2) is 43.0 Å². The molecule has 6 heteroatoms. The molecule has 1 saturated heterocycles. The molecule has 0 atom stereocenters. The number of ether oxygens (including phenoxy) is 1. The second-order valence-electron chi connectivity index (χ2n) is 7.10. The van der Waals surface area contributed by atoms with Crippen molar-refractivity contribution < 1.29 is 14.3 Å². The minimum Gasteiger partial charge on any atom is -0.379 e. The highest BCUT2D eigenvalue weighted by Gasteiger charge is 2.11. The molecule has 28 heavy (non-hydrogen) atoms. The van der Waals surface area contributed by atoms with Crippen LogP contribution in [0.15, 0.2) is 42.5 Å². The Morgan fingerprint density at radius 2 is 1.71 bits per heavy atom. The number of amides is 2. The van der Waals surface area contributed by atoms with E-state index < -0.39 is 0 Å². The molecule has 1 fully saturated rings. The van der Waals surface area contributed by atoms with Gasteiger partial charge in [0, 0.05) is 44.4 Å². The molecule has 1 aliphatic rings. The van der Waals surface area contributed by atoms with Crippen LogP contribution in [0.4, 0.5) is 5.69 Å². The van der Waals surface area contributed by atoms with Crippen LogP contribution in [0, 0.1) is 6.92 Å². The van der Waals surface area contributed by atoms with Crippen LogP contribution in [0.25, 0.3) is 0 Å². The van der Waals surface area contributed by atoms with E-state index in [9.17, 15) is 9.59 Å². The summed E-state index contributed by atoms with van der Waals surface area (Å²) in [5.74, 6) is -0.318.